The molecule has 1 N–H and O–H groups in total. The van der Waals surface area contributed by atoms with Crippen LogP contribution in [0.25, 0.3) is 5.57 Å². The molecule has 0 aromatic heterocycles. The van der Waals surface area contributed by atoms with E-state index in [1.807, 2.05) is 25.1 Å². The van der Waals surface area contributed by atoms with Gasteiger partial charge >= 0.3 is 0 Å². The van der Waals surface area contributed by atoms with E-state index in [0.717, 1.165) is 42.4 Å². The van der Waals surface area contributed by atoms with Crippen LogP contribution in [0.4, 0.5) is 4.39 Å². The van der Waals surface area contributed by atoms with E-state index >= 15 is 0 Å². The third kappa shape index (κ3) is 3.05. The molecule has 4 rings (SSSR count). The highest BCUT2D eigenvalue weighted by Gasteiger charge is 2.42. The van der Waals surface area contributed by atoms with E-state index in [-0.39, 0.29) is 33.4 Å². The fourth-order valence-electron chi connectivity index (χ4n) is 4.55. The first-order valence-electron chi connectivity index (χ1n) is 9.40. The first-order chi connectivity index (χ1) is 12.9. The molecule has 142 valence electrons. The molecule has 0 aliphatic heterocycles. The van der Waals surface area contributed by atoms with Gasteiger partial charge in [-0.3, -0.25) is 4.79 Å². The second-order valence-electron chi connectivity index (χ2n) is 7.58. The SMILES string of the molecule is CCc1ccc(C2C=CC(Cl)=C(Cl)C2F)cc1C1=C(O)[C@H]2CCC(C2)C1=O. The van der Waals surface area contributed by atoms with Gasteiger partial charge in [0.15, 0.2) is 5.78 Å². The summed E-state index contributed by atoms with van der Waals surface area (Å²) in [4.78, 5) is 13.0. The van der Waals surface area contributed by atoms with Gasteiger partial charge in [0.1, 0.15) is 11.9 Å². The number of ketones is 1. The van der Waals surface area contributed by atoms with Crippen LogP contribution in [0.15, 0.2) is 46.2 Å². The van der Waals surface area contributed by atoms with Gasteiger partial charge in [0.05, 0.1) is 15.6 Å². The van der Waals surface area contributed by atoms with E-state index < -0.39 is 12.1 Å². The zero-order valence-corrected chi connectivity index (χ0v) is 16.5. The van der Waals surface area contributed by atoms with Crippen molar-refractivity contribution >= 4 is 34.6 Å². The van der Waals surface area contributed by atoms with E-state index in [1.54, 1.807) is 12.2 Å². The summed E-state index contributed by atoms with van der Waals surface area (Å²) in [5.74, 6) is -0.282. The lowest BCUT2D eigenvalue weighted by atomic mass is 9.80. The zero-order chi connectivity index (χ0) is 19.3. The number of aryl methyl sites for hydroxylation is 1. The third-order valence-corrected chi connectivity index (χ3v) is 6.94. The Morgan fingerprint density at radius 3 is 2.70 bits per heavy atom. The average Bonchev–Trinajstić information content (AvgIpc) is 3.12. The maximum absolute atomic E-state index is 14.8. The van der Waals surface area contributed by atoms with Crippen LogP contribution in [0.2, 0.25) is 0 Å². The molecule has 2 nitrogen and oxygen atoms in total. The number of aliphatic hydroxyl groups excluding tert-OH is 1. The predicted octanol–water partition coefficient (Wildman–Crippen LogP) is 6.20. The number of carbonyl (C=O) groups excluding carboxylic acids is 1. The lowest BCUT2D eigenvalue weighted by Crippen LogP contribution is -2.22. The minimum atomic E-state index is -1.43. The number of halogens is 3. The van der Waals surface area contributed by atoms with Crippen LogP contribution in [0.1, 0.15) is 48.8 Å². The number of hydrogen-bond acceptors (Lipinski definition) is 2. The van der Waals surface area contributed by atoms with Crippen LogP contribution in [0.5, 0.6) is 0 Å². The summed E-state index contributed by atoms with van der Waals surface area (Å²) >= 11 is 11.9. The molecule has 0 radical (unpaired) electrons. The second kappa shape index (κ2) is 7.10. The van der Waals surface area contributed by atoms with Gasteiger partial charge in [0, 0.05) is 17.8 Å². The highest BCUT2D eigenvalue weighted by Crippen LogP contribution is 2.46. The second-order valence-corrected chi connectivity index (χ2v) is 8.40. The van der Waals surface area contributed by atoms with Gasteiger partial charge in [-0.25, -0.2) is 4.39 Å². The standard InChI is InChI=1S/C22H21Cl2FO2/c1-2-11-3-4-12(15-7-8-17(23)19(24)20(15)25)10-16(11)18-21(26)13-5-6-14(9-13)22(18)27/h3-4,7-8,10,13-15,20,26H,2,5-6,9H2,1H3/t13-,14?,15?,20?/m0/s1. The first kappa shape index (κ1) is 18.8. The maximum Gasteiger partial charge on any atom is 0.169 e. The van der Waals surface area contributed by atoms with Crippen molar-refractivity contribution in [1.29, 1.82) is 0 Å². The molecule has 2 bridgehead atoms. The minimum Gasteiger partial charge on any atom is -0.511 e. The molecule has 5 heteroatoms. The van der Waals surface area contributed by atoms with Gasteiger partial charge in [-0.15, -0.1) is 0 Å². The molecule has 3 unspecified atom stereocenters. The number of Topliss-reactive ketones (excluding diaryl/α,β-unsaturated/α-hetero) is 1. The Morgan fingerprint density at radius 2 is 1.96 bits per heavy atom. The molecule has 1 aromatic carbocycles. The quantitative estimate of drug-likeness (QED) is 0.648. The third-order valence-electron chi connectivity index (χ3n) is 6.10. The smallest absolute Gasteiger partial charge is 0.169 e. The number of alkyl halides is 1. The molecule has 0 heterocycles. The van der Waals surface area contributed by atoms with Crippen LogP contribution >= 0.6 is 23.2 Å². The number of fused-ring (bicyclic) bond motifs is 2. The number of allylic oxidation sites excluding steroid dienone is 6. The summed E-state index contributed by atoms with van der Waals surface area (Å²) in [5.41, 5.74) is 2.86. The summed E-state index contributed by atoms with van der Waals surface area (Å²) < 4.78 is 14.8. The van der Waals surface area contributed by atoms with Crippen molar-refractivity contribution in [2.75, 3.05) is 0 Å². The molecule has 1 saturated carbocycles. The highest BCUT2D eigenvalue weighted by molar-refractivity contribution is 6.40. The normalized spacial score (nSPS) is 30.4. The van der Waals surface area contributed by atoms with Crippen molar-refractivity contribution in [1.82, 2.24) is 0 Å². The van der Waals surface area contributed by atoms with Crippen LogP contribution in [-0.4, -0.2) is 17.1 Å². The van der Waals surface area contributed by atoms with Crippen molar-refractivity contribution in [2.45, 2.75) is 44.7 Å². The summed E-state index contributed by atoms with van der Waals surface area (Å²) in [6.45, 7) is 2.01. The molecule has 0 spiro atoms. The number of hydrogen-bond donors (Lipinski definition) is 1. The fraction of sp³-hybridized carbons (Fsp3) is 0.409. The Labute approximate surface area is 168 Å². The number of carbonyl (C=O) groups is 1. The van der Waals surface area contributed by atoms with Gasteiger partial charge in [0.25, 0.3) is 0 Å². The van der Waals surface area contributed by atoms with Crippen LogP contribution in [0, 0.1) is 11.8 Å². The maximum atomic E-state index is 14.8. The molecule has 3 aliphatic rings. The summed E-state index contributed by atoms with van der Waals surface area (Å²) in [6, 6.07) is 5.63. The Hall–Kier alpha value is -1.58. The Balaban J connectivity index is 1.81. The topological polar surface area (TPSA) is 37.3 Å². The largest absolute Gasteiger partial charge is 0.511 e. The number of benzene rings is 1. The van der Waals surface area contributed by atoms with E-state index in [9.17, 15) is 14.3 Å². The molecule has 1 aromatic rings. The summed E-state index contributed by atoms with van der Waals surface area (Å²) in [6.07, 6.45) is 5.03. The Bertz CT molecular complexity index is 900. The summed E-state index contributed by atoms with van der Waals surface area (Å²) in [5, 5.41) is 11.0. The van der Waals surface area contributed by atoms with Gasteiger partial charge in [0.2, 0.25) is 0 Å². The van der Waals surface area contributed by atoms with Crippen molar-refractivity contribution in [3.63, 3.8) is 0 Å². The molecule has 0 saturated heterocycles. The van der Waals surface area contributed by atoms with Gasteiger partial charge in [-0.1, -0.05) is 48.3 Å². The van der Waals surface area contributed by atoms with E-state index in [2.05, 4.69) is 0 Å². The van der Waals surface area contributed by atoms with Gasteiger partial charge in [-0.05, 0) is 54.5 Å². The predicted molar refractivity (Wildman–Crippen MR) is 107 cm³/mol. The molecule has 1 fully saturated rings. The van der Waals surface area contributed by atoms with E-state index in [1.165, 1.54) is 0 Å². The Kier molecular flexibility index (Phi) is 4.94. The minimum absolute atomic E-state index is 0.000801. The first-order valence-corrected chi connectivity index (χ1v) is 10.2. The van der Waals surface area contributed by atoms with Gasteiger partial charge < -0.3 is 5.11 Å². The molecular weight excluding hydrogens is 386 g/mol. The molecule has 4 atom stereocenters. The van der Waals surface area contributed by atoms with Crippen molar-refractivity contribution in [3.8, 4) is 0 Å². The molecule has 3 aliphatic carbocycles. The summed E-state index contributed by atoms with van der Waals surface area (Å²) in [7, 11) is 0. The van der Waals surface area contributed by atoms with Crippen molar-refractivity contribution in [2.24, 2.45) is 11.8 Å². The van der Waals surface area contributed by atoms with Crippen molar-refractivity contribution in [3.05, 3.63) is 62.9 Å². The van der Waals surface area contributed by atoms with Crippen LogP contribution in [-0.2, 0) is 11.2 Å². The fourth-order valence-corrected chi connectivity index (χ4v) is 4.93. The van der Waals surface area contributed by atoms with Crippen LogP contribution in [0.3, 0.4) is 0 Å². The zero-order valence-electron chi connectivity index (χ0n) is 15.0. The van der Waals surface area contributed by atoms with Gasteiger partial charge in [-0.2, -0.15) is 0 Å². The Morgan fingerprint density at radius 1 is 1.22 bits per heavy atom. The number of rotatable bonds is 3. The lowest BCUT2D eigenvalue weighted by Gasteiger charge is -2.26. The average molecular weight is 407 g/mol. The van der Waals surface area contributed by atoms with E-state index in [4.69, 9.17) is 23.2 Å². The lowest BCUT2D eigenvalue weighted by molar-refractivity contribution is -0.117. The van der Waals surface area contributed by atoms with E-state index in [0.29, 0.717) is 5.57 Å². The monoisotopic (exact) mass is 406 g/mol. The molecule has 0 amide bonds. The van der Waals surface area contributed by atoms with Crippen molar-refractivity contribution < 1.29 is 14.3 Å². The molecular formula is C22H21Cl2FO2. The highest BCUT2D eigenvalue weighted by atomic mass is 35.5. The number of aliphatic hydroxyl groups is 1. The molecule has 27 heavy (non-hydrogen) atoms. The van der Waals surface area contributed by atoms with Crippen LogP contribution < -0.4 is 0 Å².